The maximum absolute atomic E-state index is 11.7. The Bertz CT molecular complexity index is 677. The first-order valence-corrected chi connectivity index (χ1v) is 7.94. The van der Waals surface area contributed by atoms with Gasteiger partial charge in [0.1, 0.15) is 19.0 Å². The summed E-state index contributed by atoms with van der Waals surface area (Å²) in [5.41, 5.74) is 1.85. The number of nitrogens with one attached hydrogen (secondary N) is 1. The fraction of sp³-hybridized carbons (Fsp3) is 0.235. The van der Waals surface area contributed by atoms with Crippen molar-refractivity contribution >= 4 is 35.0 Å². The van der Waals surface area contributed by atoms with E-state index >= 15 is 0 Å². The smallest absolute Gasteiger partial charge is 0.411 e. The van der Waals surface area contributed by atoms with E-state index in [1.54, 1.807) is 18.2 Å². The lowest BCUT2D eigenvalue weighted by atomic mass is 10.1. The van der Waals surface area contributed by atoms with Crippen molar-refractivity contribution in [2.24, 2.45) is 0 Å². The van der Waals surface area contributed by atoms with Crippen LogP contribution >= 0.6 is 23.2 Å². The van der Waals surface area contributed by atoms with Crippen LogP contribution in [-0.2, 0) is 11.2 Å². The van der Waals surface area contributed by atoms with Gasteiger partial charge in [0.25, 0.3) is 0 Å². The van der Waals surface area contributed by atoms with Gasteiger partial charge in [0.2, 0.25) is 0 Å². The number of halogens is 2. The molecule has 0 aliphatic rings. The molecular weight excluding hydrogens is 337 g/mol. The molecule has 0 saturated carbocycles. The lowest BCUT2D eigenvalue weighted by Crippen LogP contribution is -2.17. The van der Waals surface area contributed by atoms with Gasteiger partial charge >= 0.3 is 6.09 Å². The van der Waals surface area contributed by atoms with Gasteiger partial charge in [0.05, 0.1) is 5.02 Å². The molecule has 0 heterocycles. The molecule has 0 aliphatic carbocycles. The summed E-state index contributed by atoms with van der Waals surface area (Å²) in [7, 11) is 0. The lowest BCUT2D eigenvalue weighted by molar-refractivity contribution is 0.138. The van der Waals surface area contributed by atoms with E-state index in [2.05, 4.69) is 12.2 Å². The highest BCUT2D eigenvalue weighted by atomic mass is 35.5. The number of aryl methyl sites for hydroxylation is 1. The van der Waals surface area contributed by atoms with Crippen molar-refractivity contribution in [1.29, 1.82) is 0 Å². The number of carbonyl (C=O) groups is 1. The first-order chi connectivity index (χ1) is 11.1. The van der Waals surface area contributed by atoms with E-state index in [0.717, 1.165) is 12.0 Å². The summed E-state index contributed by atoms with van der Waals surface area (Å²) >= 11 is 11.8. The highest BCUT2D eigenvalue weighted by molar-refractivity contribution is 6.35. The van der Waals surface area contributed by atoms with E-state index in [-0.39, 0.29) is 13.2 Å². The molecule has 0 bridgehead atoms. The first-order valence-electron chi connectivity index (χ1n) is 7.19. The van der Waals surface area contributed by atoms with Crippen LogP contribution in [0, 0.1) is 0 Å². The Morgan fingerprint density at radius 3 is 2.70 bits per heavy atom. The predicted molar refractivity (Wildman–Crippen MR) is 92.7 cm³/mol. The molecule has 2 aromatic carbocycles. The van der Waals surface area contributed by atoms with Crippen LogP contribution in [0.15, 0.2) is 42.5 Å². The number of anilines is 1. The van der Waals surface area contributed by atoms with Crippen molar-refractivity contribution in [3.8, 4) is 5.75 Å². The molecule has 4 nitrogen and oxygen atoms in total. The van der Waals surface area contributed by atoms with Crippen LogP contribution in [0.1, 0.15) is 12.5 Å². The molecule has 2 rings (SSSR count). The molecule has 0 unspecified atom stereocenters. The molecule has 1 N–H and O–H groups in total. The zero-order valence-corrected chi connectivity index (χ0v) is 14.2. The number of ether oxygens (including phenoxy) is 2. The summed E-state index contributed by atoms with van der Waals surface area (Å²) in [6, 6.07) is 12.5. The minimum Gasteiger partial charge on any atom is -0.488 e. The van der Waals surface area contributed by atoms with Gasteiger partial charge in [0.15, 0.2) is 0 Å². The third-order valence-corrected chi connectivity index (χ3v) is 3.58. The molecule has 0 saturated heterocycles. The quantitative estimate of drug-likeness (QED) is 0.727. The van der Waals surface area contributed by atoms with Crippen LogP contribution in [0.3, 0.4) is 0 Å². The minimum atomic E-state index is -0.524. The summed E-state index contributed by atoms with van der Waals surface area (Å²) in [5.74, 6) is 0.496. The van der Waals surface area contributed by atoms with Gasteiger partial charge in [-0.15, -0.1) is 0 Å². The lowest BCUT2D eigenvalue weighted by Gasteiger charge is -2.10. The number of hydrogen-bond donors (Lipinski definition) is 1. The average molecular weight is 354 g/mol. The van der Waals surface area contributed by atoms with E-state index in [1.165, 1.54) is 0 Å². The maximum atomic E-state index is 11.7. The molecule has 2 aromatic rings. The van der Waals surface area contributed by atoms with Crippen LogP contribution in [-0.4, -0.2) is 19.3 Å². The van der Waals surface area contributed by atoms with Crippen molar-refractivity contribution in [1.82, 2.24) is 0 Å². The van der Waals surface area contributed by atoms with Gasteiger partial charge in [-0.3, -0.25) is 5.32 Å². The number of benzene rings is 2. The van der Waals surface area contributed by atoms with Gasteiger partial charge < -0.3 is 9.47 Å². The monoisotopic (exact) mass is 353 g/mol. The van der Waals surface area contributed by atoms with Crippen molar-refractivity contribution in [3.63, 3.8) is 0 Å². The van der Waals surface area contributed by atoms with Gasteiger partial charge in [-0.1, -0.05) is 42.3 Å². The molecular formula is C17H17Cl2NO3. The molecule has 0 aromatic heterocycles. The van der Waals surface area contributed by atoms with E-state index < -0.39 is 6.09 Å². The Labute approximate surface area is 145 Å². The number of amides is 1. The Morgan fingerprint density at radius 2 is 1.96 bits per heavy atom. The Balaban J connectivity index is 1.74. The zero-order chi connectivity index (χ0) is 16.7. The first kappa shape index (κ1) is 17.4. The van der Waals surface area contributed by atoms with E-state index in [0.29, 0.717) is 21.5 Å². The van der Waals surface area contributed by atoms with Crippen molar-refractivity contribution < 1.29 is 14.3 Å². The maximum Gasteiger partial charge on any atom is 0.411 e. The zero-order valence-electron chi connectivity index (χ0n) is 12.6. The Kier molecular flexibility index (Phi) is 6.56. The summed E-state index contributed by atoms with van der Waals surface area (Å²) in [6.45, 7) is 2.36. The van der Waals surface area contributed by atoms with Gasteiger partial charge in [-0.2, -0.15) is 0 Å². The van der Waals surface area contributed by atoms with E-state index in [4.69, 9.17) is 32.7 Å². The number of rotatable bonds is 6. The third-order valence-electron chi connectivity index (χ3n) is 3.05. The molecule has 122 valence electrons. The highest BCUT2D eigenvalue weighted by Gasteiger charge is 2.05. The van der Waals surface area contributed by atoms with E-state index in [9.17, 15) is 4.79 Å². The van der Waals surface area contributed by atoms with Crippen LogP contribution in [0.25, 0.3) is 0 Å². The largest absolute Gasteiger partial charge is 0.488 e. The summed E-state index contributed by atoms with van der Waals surface area (Å²) in [4.78, 5) is 11.7. The van der Waals surface area contributed by atoms with Crippen LogP contribution in [0.2, 0.25) is 10.0 Å². The minimum absolute atomic E-state index is 0.109. The molecule has 0 spiro atoms. The van der Waals surface area contributed by atoms with Gasteiger partial charge in [-0.05, 0) is 42.3 Å². The summed E-state index contributed by atoms with van der Waals surface area (Å²) in [5, 5.41) is 3.62. The third kappa shape index (κ3) is 5.66. The van der Waals surface area contributed by atoms with Gasteiger partial charge in [-0.25, -0.2) is 4.79 Å². The predicted octanol–water partition coefficient (Wildman–Crippen LogP) is 5.18. The van der Waals surface area contributed by atoms with Crippen molar-refractivity contribution in [2.45, 2.75) is 13.3 Å². The molecule has 0 radical (unpaired) electrons. The second-order valence-electron chi connectivity index (χ2n) is 4.74. The number of carbonyl (C=O) groups excluding carboxylic acids is 1. The molecule has 6 heteroatoms. The average Bonchev–Trinajstić information content (AvgIpc) is 2.53. The van der Waals surface area contributed by atoms with Crippen LogP contribution in [0.5, 0.6) is 5.75 Å². The second kappa shape index (κ2) is 8.65. The van der Waals surface area contributed by atoms with Crippen molar-refractivity contribution in [2.75, 3.05) is 18.5 Å². The topological polar surface area (TPSA) is 47.6 Å². The SMILES string of the molecule is CCc1cccc(NC(=O)OCCOc2ccc(Cl)cc2Cl)c1. The van der Waals surface area contributed by atoms with Gasteiger partial charge in [0, 0.05) is 10.7 Å². The summed E-state index contributed by atoms with van der Waals surface area (Å²) < 4.78 is 10.5. The second-order valence-corrected chi connectivity index (χ2v) is 5.58. The van der Waals surface area contributed by atoms with E-state index in [1.807, 2.05) is 24.3 Å². The number of hydrogen-bond acceptors (Lipinski definition) is 3. The normalized spacial score (nSPS) is 10.2. The Hall–Kier alpha value is -1.91. The molecule has 0 atom stereocenters. The Morgan fingerprint density at radius 1 is 1.13 bits per heavy atom. The van der Waals surface area contributed by atoms with Crippen LogP contribution < -0.4 is 10.1 Å². The fourth-order valence-corrected chi connectivity index (χ4v) is 2.36. The molecule has 23 heavy (non-hydrogen) atoms. The molecule has 0 fully saturated rings. The summed E-state index contributed by atoms with van der Waals surface area (Å²) in [6.07, 6.45) is 0.379. The fourth-order valence-electron chi connectivity index (χ4n) is 1.90. The van der Waals surface area contributed by atoms with Crippen molar-refractivity contribution in [3.05, 3.63) is 58.1 Å². The molecule has 0 aliphatic heterocycles. The molecule has 1 amide bonds. The van der Waals surface area contributed by atoms with Crippen LogP contribution in [0.4, 0.5) is 10.5 Å². The standard InChI is InChI=1S/C17H17Cl2NO3/c1-2-12-4-3-5-14(10-12)20-17(21)23-9-8-22-16-7-6-13(18)11-15(16)19/h3-7,10-11H,2,8-9H2,1H3,(H,20,21). The highest BCUT2D eigenvalue weighted by Crippen LogP contribution is 2.27.